The Kier molecular flexibility index (Phi) is 5.86. The lowest BCUT2D eigenvalue weighted by Crippen LogP contribution is -2.08. The van der Waals surface area contributed by atoms with Gasteiger partial charge in [0, 0.05) is 30.7 Å². The number of anilines is 2. The smallest absolute Gasteiger partial charge is 0.203 e. The van der Waals surface area contributed by atoms with Crippen LogP contribution in [0, 0.1) is 0 Å². The van der Waals surface area contributed by atoms with Crippen molar-refractivity contribution >= 4 is 28.4 Å². The van der Waals surface area contributed by atoms with E-state index < -0.39 is 0 Å². The van der Waals surface area contributed by atoms with Gasteiger partial charge in [-0.1, -0.05) is 12.1 Å². The molecular formula is C20H22N4OS. The number of hydrazone groups is 1. The zero-order valence-corrected chi connectivity index (χ0v) is 16.0. The molecule has 2 aromatic carbocycles. The summed E-state index contributed by atoms with van der Waals surface area (Å²) in [6.07, 6.45) is 1.79. The largest absolute Gasteiger partial charge is 0.494 e. The number of hydrogen-bond donors (Lipinski definition) is 1. The molecule has 3 rings (SSSR count). The van der Waals surface area contributed by atoms with Crippen LogP contribution < -0.4 is 15.1 Å². The van der Waals surface area contributed by atoms with Gasteiger partial charge >= 0.3 is 0 Å². The molecule has 1 N–H and O–H groups in total. The highest BCUT2D eigenvalue weighted by Crippen LogP contribution is 2.26. The van der Waals surface area contributed by atoms with E-state index in [9.17, 15) is 0 Å². The second-order valence-corrected chi connectivity index (χ2v) is 6.71. The minimum Gasteiger partial charge on any atom is -0.494 e. The first kappa shape index (κ1) is 17.9. The van der Waals surface area contributed by atoms with E-state index in [0.29, 0.717) is 6.61 Å². The highest BCUT2D eigenvalue weighted by Gasteiger charge is 2.04. The normalized spacial score (nSPS) is 10.9. The summed E-state index contributed by atoms with van der Waals surface area (Å²) in [4.78, 5) is 6.64. The minimum atomic E-state index is 0.667. The molecule has 0 aliphatic rings. The number of nitrogens with zero attached hydrogens (tertiary/aromatic N) is 3. The van der Waals surface area contributed by atoms with Crippen LogP contribution >= 0.6 is 11.3 Å². The number of ether oxygens (including phenoxy) is 1. The van der Waals surface area contributed by atoms with Gasteiger partial charge < -0.3 is 9.64 Å². The molecule has 0 saturated carbocycles. The molecule has 0 amide bonds. The minimum absolute atomic E-state index is 0.667. The Morgan fingerprint density at radius 2 is 1.85 bits per heavy atom. The third kappa shape index (κ3) is 4.61. The summed E-state index contributed by atoms with van der Waals surface area (Å²) < 4.78 is 5.47. The van der Waals surface area contributed by atoms with E-state index in [1.54, 1.807) is 6.21 Å². The Morgan fingerprint density at radius 1 is 1.12 bits per heavy atom. The first-order valence-corrected chi connectivity index (χ1v) is 9.29. The summed E-state index contributed by atoms with van der Waals surface area (Å²) in [6.45, 7) is 2.64. The van der Waals surface area contributed by atoms with Gasteiger partial charge in [-0.3, -0.25) is 5.43 Å². The average Bonchev–Trinajstić information content (AvgIpc) is 3.12. The third-order valence-electron chi connectivity index (χ3n) is 3.75. The van der Waals surface area contributed by atoms with Gasteiger partial charge in [-0.25, -0.2) is 4.98 Å². The van der Waals surface area contributed by atoms with Crippen LogP contribution in [0.4, 0.5) is 10.8 Å². The van der Waals surface area contributed by atoms with Gasteiger partial charge in [-0.15, -0.1) is 11.3 Å². The van der Waals surface area contributed by atoms with Crippen molar-refractivity contribution in [2.24, 2.45) is 5.10 Å². The molecule has 1 aromatic heterocycles. The van der Waals surface area contributed by atoms with Crippen molar-refractivity contribution in [2.75, 3.05) is 31.0 Å². The highest BCUT2D eigenvalue weighted by atomic mass is 32.1. The lowest BCUT2D eigenvalue weighted by Gasteiger charge is -2.11. The lowest BCUT2D eigenvalue weighted by molar-refractivity contribution is 0.340. The summed E-state index contributed by atoms with van der Waals surface area (Å²) in [7, 11) is 4.05. The Hall–Kier alpha value is -2.86. The first-order chi connectivity index (χ1) is 12.7. The number of thiazole rings is 1. The Morgan fingerprint density at radius 3 is 2.50 bits per heavy atom. The number of rotatable bonds is 7. The second kappa shape index (κ2) is 8.49. The maximum absolute atomic E-state index is 5.47. The lowest BCUT2D eigenvalue weighted by atomic mass is 10.2. The summed E-state index contributed by atoms with van der Waals surface area (Å²) >= 11 is 1.53. The van der Waals surface area contributed by atoms with E-state index in [4.69, 9.17) is 4.74 Å². The van der Waals surface area contributed by atoms with E-state index in [2.05, 4.69) is 32.5 Å². The van der Waals surface area contributed by atoms with Crippen molar-refractivity contribution in [2.45, 2.75) is 6.92 Å². The summed E-state index contributed by atoms with van der Waals surface area (Å²) in [5.74, 6) is 0.870. The zero-order chi connectivity index (χ0) is 18.4. The molecule has 26 heavy (non-hydrogen) atoms. The third-order valence-corrected chi connectivity index (χ3v) is 4.50. The molecule has 0 fully saturated rings. The zero-order valence-electron chi connectivity index (χ0n) is 15.1. The SMILES string of the molecule is CCOc1ccc(-c2csc(N/N=C\c3ccc(N(C)C)cc3)n2)cc1. The van der Waals surface area contributed by atoms with E-state index in [0.717, 1.165) is 33.4 Å². The van der Waals surface area contributed by atoms with Crippen molar-refractivity contribution in [1.29, 1.82) is 0 Å². The van der Waals surface area contributed by atoms with Crippen molar-refractivity contribution < 1.29 is 4.74 Å². The first-order valence-electron chi connectivity index (χ1n) is 8.41. The molecule has 1 heterocycles. The molecule has 0 bridgehead atoms. The molecule has 0 saturated heterocycles. The van der Waals surface area contributed by atoms with E-state index >= 15 is 0 Å². The van der Waals surface area contributed by atoms with Crippen molar-refractivity contribution in [3.8, 4) is 17.0 Å². The predicted molar refractivity (Wildman–Crippen MR) is 111 cm³/mol. The summed E-state index contributed by atoms with van der Waals surface area (Å²) in [5, 5.41) is 7.04. The van der Waals surface area contributed by atoms with E-state index in [-0.39, 0.29) is 0 Å². The number of benzene rings is 2. The van der Waals surface area contributed by atoms with Gasteiger partial charge in [0.25, 0.3) is 0 Å². The second-order valence-electron chi connectivity index (χ2n) is 5.85. The molecule has 0 aliphatic heterocycles. The Balaban J connectivity index is 1.61. The van der Waals surface area contributed by atoms with Crippen LogP contribution in [-0.2, 0) is 0 Å². The number of hydrogen-bond acceptors (Lipinski definition) is 6. The fourth-order valence-electron chi connectivity index (χ4n) is 2.37. The van der Waals surface area contributed by atoms with Gasteiger partial charge in [0.15, 0.2) is 0 Å². The fourth-order valence-corrected chi connectivity index (χ4v) is 3.04. The quantitative estimate of drug-likeness (QED) is 0.485. The molecule has 0 radical (unpaired) electrons. The molecule has 5 nitrogen and oxygen atoms in total. The van der Waals surface area contributed by atoms with E-state index in [1.165, 1.54) is 11.3 Å². The van der Waals surface area contributed by atoms with Crippen LogP contribution in [-0.4, -0.2) is 31.9 Å². The summed E-state index contributed by atoms with van der Waals surface area (Å²) in [6, 6.07) is 16.1. The standard InChI is InChI=1S/C20H22N4OS/c1-4-25-18-11-7-16(8-12-18)19-14-26-20(22-19)23-21-13-15-5-9-17(10-6-15)24(2)3/h5-14H,4H2,1-3H3,(H,22,23)/b21-13-. The van der Waals surface area contributed by atoms with Crippen LogP contribution in [0.3, 0.4) is 0 Å². The van der Waals surface area contributed by atoms with Crippen LogP contribution in [0.2, 0.25) is 0 Å². The van der Waals surface area contributed by atoms with Crippen LogP contribution in [0.25, 0.3) is 11.3 Å². The van der Waals surface area contributed by atoms with E-state index in [1.807, 2.05) is 62.8 Å². The average molecular weight is 366 g/mol. The Bertz CT molecular complexity index is 854. The topological polar surface area (TPSA) is 49.8 Å². The summed E-state index contributed by atoms with van der Waals surface area (Å²) in [5.41, 5.74) is 7.17. The monoisotopic (exact) mass is 366 g/mol. The van der Waals surface area contributed by atoms with Gasteiger partial charge in [-0.2, -0.15) is 5.10 Å². The highest BCUT2D eigenvalue weighted by molar-refractivity contribution is 7.14. The van der Waals surface area contributed by atoms with Gasteiger partial charge in [0.1, 0.15) is 5.75 Å². The molecule has 0 aliphatic carbocycles. The van der Waals surface area contributed by atoms with Crippen LogP contribution in [0.5, 0.6) is 5.75 Å². The maximum atomic E-state index is 5.47. The fraction of sp³-hybridized carbons (Fsp3) is 0.200. The number of nitrogens with one attached hydrogen (secondary N) is 1. The molecule has 6 heteroatoms. The molecule has 0 atom stereocenters. The van der Waals surface area contributed by atoms with Crippen LogP contribution in [0.15, 0.2) is 59.0 Å². The molecule has 3 aromatic rings. The Labute approximate surface area is 158 Å². The van der Waals surface area contributed by atoms with Crippen molar-refractivity contribution in [3.63, 3.8) is 0 Å². The number of aromatic nitrogens is 1. The van der Waals surface area contributed by atoms with Gasteiger partial charge in [0.2, 0.25) is 5.13 Å². The van der Waals surface area contributed by atoms with Gasteiger partial charge in [0.05, 0.1) is 18.5 Å². The van der Waals surface area contributed by atoms with Crippen molar-refractivity contribution in [1.82, 2.24) is 4.98 Å². The predicted octanol–water partition coefficient (Wildman–Crippen LogP) is 4.72. The van der Waals surface area contributed by atoms with Crippen LogP contribution in [0.1, 0.15) is 12.5 Å². The molecule has 134 valence electrons. The maximum Gasteiger partial charge on any atom is 0.203 e. The molecule has 0 unspecified atom stereocenters. The molecular weight excluding hydrogens is 344 g/mol. The van der Waals surface area contributed by atoms with Crippen molar-refractivity contribution in [3.05, 3.63) is 59.5 Å². The molecule has 0 spiro atoms. The van der Waals surface area contributed by atoms with Gasteiger partial charge in [-0.05, 0) is 48.9 Å².